The Morgan fingerprint density at radius 1 is 1.00 bits per heavy atom. The van der Waals surface area contributed by atoms with Crippen molar-refractivity contribution in [3.63, 3.8) is 0 Å². The molecule has 124 valence electrons. The second kappa shape index (κ2) is 5.77. The summed E-state index contributed by atoms with van der Waals surface area (Å²) in [7, 11) is -3.71. The number of benzene rings is 2. The van der Waals surface area contributed by atoms with E-state index in [9.17, 15) is 8.42 Å². The van der Waals surface area contributed by atoms with Gasteiger partial charge >= 0.3 is 0 Å². The Bertz CT molecular complexity index is 1040. The van der Waals surface area contributed by atoms with Crippen LogP contribution in [0, 0.1) is 0 Å². The van der Waals surface area contributed by atoms with Gasteiger partial charge in [0.15, 0.2) is 0 Å². The monoisotopic (exact) mass is 381 g/mol. The van der Waals surface area contributed by atoms with Crippen LogP contribution >= 0.6 is 23.2 Å². The average molecular weight is 382 g/mol. The molecule has 1 aliphatic rings. The molecule has 1 aromatic heterocycles. The summed E-state index contributed by atoms with van der Waals surface area (Å²) in [6.45, 7) is 1.51. The molecule has 1 N–H and O–H groups in total. The standard InChI is InChI=1S/C17H13Cl2NO3S/c18-10-5-11(19)7-13(6-10)24(21,22)12-1-2-16-15(8-12)14-3-4-20-9-17(14)23-16/h1-2,5-8,20H,3-4,9H2. The number of nitrogens with one attached hydrogen (secondary N) is 1. The lowest BCUT2D eigenvalue weighted by molar-refractivity contribution is 0.488. The summed E-state index contributed by atoms with van der Waals surface area (Å²) < 4.78 is 31.6. The Kier molecular flexibility index (Phi) is 3.84. The van der Waals surface area contributed by atoms with E-state index in [4.69, 9.17) is 27.6 Å². The average Bonchev–Trinajstić information content (AvgIpc) is 2.91. The van der Waals surface area contributed by atoms with E-state index in [-0.39, 0.29) is 19.8 Å². The van der Waals surface area contributed by atoms with E-state index in [0.29, 0.717) is 12.1 Å². The molecule has 0 radical (unpaired) electrons. The third-order valence-corrected chi connectivity index (χ3v) is 6.31. The van der Waals surface area contributed by atoms with Crippen molar-refractivity contribution >= 4 is 44.0 Å². The fourth-order valence-corrected chi connectivity index (χ4v) is 5.01. The van der Waals surface area contributed by atoms with Crippen LogP contribution in [0.4, 0.5) is 0 Å². The molecule has 4 nitrogen and oxygen atoms in total. The second-order valence-electron chi connectivity index (χ2n) is 5.70. The van der Waals surface area contributed by atoms with Crippen LogP contribution in [0.2, 0.25) is 10.0 Å². The molecule has 0 aliphatic carbocycles. The lowest BCUT2D eigenvalue weighted by atomic mass is 10.1. The molecule has 0 bridgehead atoms. The molecular formula is C17H13Cl2NO3S. The van der Waals surface area contributed by atoms with Crippen LogP contribution in [0.3, 0.4) is 0 Å². The summed E-state index contributed by atoms with van der Waals surface area (Å²) in [4.78, 5) is 0.286. The van der Waals surface area contributed by atoms with Gasteiger partial charge in [0.1, 0.15) is 11.3 Å². The first-order chi connectivity index (χ1) is 11.4. The van der Waals surface area contributed by atoms with Crippen LogP contribution in [0.5, 0.6) is 0 Å². The van der Waals surface area contributed by atoms with Gasteiger partial charge < -0.3 is 9.73 Å². The fraction of sp³-hybridized carbons (Fsp3) is 0.176. The van der Waals surface area contributed by atoms with Crippen LogP contribution in [0.25, 0.3) is 11.0 Å². The second-order valence-corrected chi connectivity index (χ2v) is 8.52. The number of furan rings is 1. The predicted molar refractivity (Wildman–Crippen MR) is 93.5 cm³/mol. The number of halogens is 2. The van der Waals surface area contributed by atoms with Crippen molar-refractivity contribution in [2.24, 2.45) is 0 Å². The predicted octanol–water partition coefficient (Wildman–Crippen LogP) is 4.22. The van der Waals surface area contributed by atoms with Gasteiger partial charge in [0.25, 0.3) is 0 Å². The number of sulfone groups is 1. The molecule has 2 heterocycles. The van der Waals surface area contributed by atoms with Crippen molar-refractivity contribution < 1.29 is 12.8 Å². The summed E-state index contributed by atoms with van der Waals surface area (Å²) >= 11 is 11.9. The normalized spacial score (nSPS) is 14.8. The Hall–Kier alpha value is -1.53. The molecule has 0 atom stereocenters. The molecule has 0 amide bonds. The van der Waals surface area contributed by atoms with E-state index >= 15 is 0 Å². The molecule has 0 fully saturated rings. The van der Waals surface area contributed by atoms with Crippen molar-refractivity contribution in [2.75, 3.05) is 6.54 Å². The van der Waals surface area contributed by atoms with Crippen LogP contribution in [-0.4, -0.2) is 15.0 Å². The van der Waals surface area contributed by atoms with Gasteiger partial charge in [0.05, 0.1) is 16.3 Å². The van der Waals surface area contributed by atoms with E-state index in [1.807, 2.05) is 0 Å². The lowest BCUT2D eigenvalue weighted by Gasteiger charge is -2.11. The SMILES string of the molecule is O=S(=O)(c1cc(Cl)cc(Cl)c1)c1ccc2oc3c(c2c1)CCNC3. The molecule has 0 unspecified atom stereocenters. The molecule has 0 saturated carbocycles. The summed E-state index contributed by atoms with van der Waals surface area (Å²) in [5.41, 5.74) is 1.77. The van der Waals surface area contributed by atoms with E-state index in [2.05, 4.69) is 5.32 Å². The molecular weight excluding hydrogens is 369 g/mol. The van der Waals surface area contributed by atoms with Crippen LogP contribution < -0.4 is 5.32 Å². The van der Waals surface area contributed by atoms with Gasteiger partial charge in [-0.05, 0) is 49.4 Å². The third kappa shape index (κ3) is 2.62. The van der Waals surface area contributed by atoms with E-state index in [1.54, 1.807) is 18.2 Å². The Balaban J connectivity index is 1.89. The summed E-state index contributed by atoms with van der Waals surface area (Å²) in [6.07, 6.45) is 0.814. The topological polar surface area (TPSA) is 59.3 Å². The lowest BCUT2D eigenvalue weighted by Crippen LogP contribution is -2.22. The first kappa shape index (κ1) is 16.0. The summed E-state index contributed by atoms with van der Waals surface area (Å²) in [5, 5.41) is 4.66. The van der Waals surface area contributed by atoms with Crippen molar-refractivity contribution in [1.29, 1.82) is 0 Å². The Morgan fingerprint density at radius 2 is 1.75 bits per heavy atom. The Labute approximate surface area is 149 Å². The number of hydrogen-bond donors (Lipinski definition) is 1. The van der Waals surface area contributed by atoms with Crippen molar-refractivity contribution in [3.8, 4) is 0 Å². The quantitative estimate of drug-likeness (QED) is 0.721. The highest BCUT2D eigenvalue weighted by Crippen LogP contribution is 2.33. The highest BCUT2D eigenvalue weighted by Gasteiger charge is 2.23. The maximum absolute atomic E-state index is 12.9. The maximum atomic E-state index is 12.9. The number of rotatable bonds is 2. The molecule has 0 spiro atoms. The van der Waals surface area contributed by atoms with Crippen LogP contribution in [0.15, 0.2) is 50.6 Å². The van der Waals surface area contributed by atoms with Gasteiger partial charge in [0.2, 0.25) is 9.84 Å². The smallest absolute Gasteiger partial charge is 0.206 e. The molecule has 24 heavy (non-hydrogen) atoms. The molecule has 3 aromatic rings. The zero-order chi connectivity index (χ0) is 16.9. The largest absolute Gasteiger partial charge is 0.459 e. The minimum absolute atomic E-state index is 0.0818. The summed E-state index contributed by atoms with van der Waals surface area (Å²) in [5.74, 6) is 0.872. The van der Waals surface area contributed by atoms with Gasteiger partial charge in [-0.25, -0.2) is 8.42 Å². The van der Waals surface area contributed by atoms with Crippen molar-refractivity contribution in [2.45, 2.75) is 22.8 Å². The van der Waals surface area contributed by atoms with Gasteiger partial charge in [-0.1, -0.05) is 23.2 Å². The van der Waals surface area contributed by atoms with Crippen molar-refractivity contribution in [1.82, 2.24) is 5.32 Å². The first-order valence-electron chi connectivity index (χ1n) is 7.41. The minimum atomic E-state index is -3.71. The number of fused-ring (bicyclic) bond motifs is 3. The number of hydrogen-bond acceptors (Lipinski definition) is 4. The Morgan fingerprint density at radius 3 is 2.50 bits per heavy atom. The maximum Gasteiger partial charge on any atom is 0.206 e. The highest BCUT2D eigenvalue weighted by atomic mass is 35.5. The van der Waals surface area contributed by atoms with E-state index in [1.165, 1.54) is 18.2 Å². The fourth-order valence-electron chi connectivity index (χ4n) is 3.00. The zero-order valence-electron chi connectivity index (χ0n) is 12.5. The molecule has 1 aliphatic heterocycles. The van der Waals surface area contributed by atoms with Gasteiger partial charge in [-0.15, -0.1) is 0 Å². The van der Waals surface area contributed by atoms with Crippen LogP contribution in [-0.2, 0) is 22.8 Å². The molecule has 2 aromatic carbocycles. The minimum Gasteiger partial charge on any atom is -0.459 e. The van der Waals surface area contributed by atoms with E-state index < -0.39 is 9.84 Å². The summed E-state index contributed by atoms with van der Waals surface area (Å²) in [6, 6.07) is 9.24. The highest BCUT2D eigenvalue weighted by molar-refractivity contribution is 7.91. The molecule has 4 rings (SSSR count). The third-order valence-electron chi connectivity index (χ3n) is 4.14. The van der Waals surface area contributed by atoms with E-state index in [0.717, 1.165) is 29.7 Å². The van der Waals surface area contributed by atoms with Gasteiger partial charge in [-0.3, -0.25) is 0 Å². The molecule has 0 saturated heterocycles. The zero-order valence-corrected chi connectivity index (χ0v) is 14.8. The van der Waals surface area contributed by atoms with Crippen LogP contribution in [0.1, 0.15) is 11.3 Å². The van der Waals surface area contributed by atoms with Gasteiger partial charge in [0, 0.05) is 21.0 Å². The molecule has 7 heteroatoms. The van der Waals surface area contributed by atoms with Crippen molar-refractivity contribution in [3.05, 3.63) is 57.8 Å². The first-order valence-corrected chi connectivity index (χ1v) is 9.65. The van der Waals surface area contributed by atoms with Gasteiger partial charge in [-0.2, -0.15) is 0 Å².